The first-order chi connectivity index (χ1) is 13.7. The Bertz CT molecular complexity index is 971. The molecule has 2 aromatic carbocycles. The quantitative estimate of drug-likeness (QED) is 0.572. The van der Waals surface area contributed by atoms with Crippen LogP contribution >= 0.6 is 0 Å². The Morgan fingerprint density at radius 1 is 1.03 bits per heavy atom. The molecule has 9 heteroatoms. The van der Waals surface area contributed by atoms with Crippen LogP contribution in [-0.2, 0) is 14.8 Å². The van der Waals surface area contributed by atoms with Gasteiger partial charge in [0.05, 0.1) is 25.7 Å². The average Bonchev–Trinajstić information content (AvgIpc) is 2.67. The highest BCUT2D eigenvalue weighted by Gasteiger charge is 2.12. The topological polar surface area (TPSA) is 111 Å². The smallest absolute Gasteiger partial charge is 0.229 e. The number of ether oxygens (including phenoxy) is 2. The molecular formula is C20H24N2O6S. The lowest BCUT2D eigenvalue weighted by atomic mass is 10.1. The molecule has 0 aliphatic carbocycles. The van der Waals surface area contributed by atoms with Gasteiger partial charge in [0.1, 0.15) is 11.5 Å². The largest absolute Gasteiger partial charge is 0.494 e. The molecule has 2 rings (SSSR count). The van der Waals surface area contributed by atoms with Gasteiger partial charge in [0.2, 0.25) is 15.9 Å². The van der Waals surface area contributed by atoms with Crippen molar-refractivity contribution in [2.75, 3.05) is 30.0 Å². The number of carbonyl (C=O) groups excluding carboxylic acids is 2. The van der Waals surface area contributed by atoms with E-state index in [-0.39, 0.29) is 36.0 Å². The minimum atomic E-state index is -3.46. The van der Waals surface area contributed by atoms with E-state index in [4.69, 9.17) is 9.47 Å². The summed E-state index contributed by atoms with van der Waals surface area (Å²) in [6, 6.07) is 11.3. The van der Waals surface area contributed by atoms with Gasteiger partial charge in [-0.2, -0.15) is 0 Å². The van der Waals surface area contributed by atoms with Gasteiger partial charge in [0.15, 0.2) is 5.78 Å². The van der Waals surface area contributed by atoms with Crippen molar-refractivity contribution in [2.24, 2.45) is 0 Å². The molecule has 156 valence electrons. The maximum absolute atomic E-state index is 12.2. The number of Topliss-reactive ketones (excluding diaryl/α,β-unsaturated/α-hetero) is 1. The number of ketones is 1. The molecule has 0 aliphatic heterocycles. The Kier molecular flexibility index (Phi) is 7.60. The third-order valence-corrected chi connectivity index (χ3v) is 4.44. The summed E-state index contributed by atoms with van der Waals surface area (Å²) in [5.74, 6) is 0.465. The monoisotopic (exact) mass is 420 g/mol. The molecule has 0 radical (unpaired) electrons. The summed E-state index contributed by atoms with van der Waals surface area (Å²) < 4.78 is 35.6. The van der Waals surface area contributed by atoms with Crippen LogP contribution < -0.4 is 19.5 Å². The molecule has 0 aromatic heterocycles. The van der Waals surface area contributed by atoms with Crippen LogP contribution in [0.4, 0.5) is 11.4 Å². The van der Waals surface area contributed by atoms with Gasteiger partial charge in [-0.25, -0.2) is 8.42 Å². The van der Waals surface area contributed by atoms with E-state index in [0.717, 1.165) is 6.26 Å². The molecule has 0 fully saturated rings. The number of hydrogen-bond donors (Lipinski definition) is 2. The summed E-state index contributed by atoms with van der Waals surface area (Å²) >= 11 is 0. The number of rotatable bonds is 10. The van der Waals surface area contributed by atoms with E-state index in [2.05, 4.69) is 10.0 Å². The number of sulfonamides is 1. The third-order valence-electron chi connectivity index (χ3n) is 3.85. The zero-order valence-electron chi connectivity index (χ0n) is 16.5. The lowest BCUT2D eigenvalue weighted by Crippen LogP contribution is -2.14. The molecule has 0 saturated carbocycles. The fourth-order valence-corrected chi connectivity index (χ4v) is 3.12. The Morgan fingerprint density at radius 3 is 2.31 bits per heavy atom. The van der Waals surface area contributed by atoms with E-state index in [1.165, 1.54) is 19.2 Å². The van der Waals surface area contributed by atoms with Crippen molar-refractivity contribution in [3.8, 4) is 11.5 Å². The van der Waals surface area contributed by atoms with Crippen molar-refractivity contribution in [3.05, 3.63) is 48.0 Å². The number of nitrogens with one attached hydrogen (secondary N) is 2. The maximum Gasteiger partial charge on any atom is 0.229 e. The molecule has 0 bridgehead atoms. The minimum absolute atomic E-state index is 0.0116. The second kappa shape index (κ2) is 9.92. The van der Waals surface area contributed by atoms with Crippen LogP contribution in [0.1, 0.15) is 30.1 Å². The van der Waals surface area contributed by atoms with Crippen LogP contribution in [0, 0.1) is 0 Å². The van der Waals surface area contributed by atoms with Gasteiger partial charge >= 0.3 is 0 Å². The molecule has 0 heterocycles. The van der Waals surface area contributed by atoms with Gasteiger partial charge in [-0.1, -0.05) is 0 Å². The van der Waals surface area contributed by atoms with Crippen molar-refractivity contribution >= 4 is 33.1 Å². The van der Waals surface area contributed by atoms with Crippen molar-refractivity contribution in [1.29, 1.82) is 0 Å². The standard InChI is InChI=1S/C20H24N2O6S/c1-4-28-16-8-5-14(6-9-16)18(23)11-12-20(24)21-15-7-10-17(19(13-15)27-2)22-29(3,25)26/h5-10,13,22H,4,11-12H2,1-3H3,(H,21,24). The first-order valence-electron chi connectivity index (χ1n) is 8.93. The Morgan fingerprint density at radius 2 is 1.72 bits per heavy atom. The van der Waals surface area contributed by atoms with E-state index in [9.17, 15) is 18.0 Å². The zero-order chi connectivity index (χ0) is 21.4. The van der Waals surface area contributed by atoms with Crippen LogP contribution in [0.15, 0.2) is 42.5 Å². The van der Waals surface area contributed by atoms with Crippen molar-refractivity contribution in [1.82, 2.24) is 0 Å². The first kappa shape index (κ1) is 22.2. The van der Waals surface area contributed by atoms with Gasteiger partial charge in [-0.05, 0) is 43.3 Å². The van der Waals surface area contributed by atoms with E-state index < -0.39 is 10.0 Å². The molecule has 0 saturated heterocycles. The highest BCUT2D eigenvalue weighted by atomic mass is 32.2. The van der Waals surface area contributed by atoms with Crippen LogP contribution in [0.2, 0.25) is 0 Å². The summed E-state index contributed by atoms with van der Waals surface area (Å²) in [5.41, 5.74) is 1.21. The molecule has 0 atom stereocenters. The molecule has 0 aliphatic rings. The summed E-state index contributed by atoms with van der Waals surface area (Å²) in [5, 5.41) is 2.67. The summed E-state index contributed by atoms with van der Waals surface area (Å²) in [6.45, 7) is 2.42. The van der Waals surface area contributed by atoms with Gasteiger partial charge in [-0.15, -0.1) is 0 Å². The second-order valence-electron chi connectivity index (χ2n) is 6.22. The molecule has 8 nitrogen and oxygen atoms in total. The van der Waals surface area contributed by atoms with Gasteiger partial charge in [-0.3, -0.25) is 14.3 Å². The van der Waals surface area contributed by atoms with E-state index in [1.54, 1.807) is 30.3 Å². The third kappa shape index (κ3) is 7.11. The lowest BCUT2D eigenvalue weighted by Gasteiger charge is -2.12. The molecule has 2 N–H and O–H groups in total. The number of benzene rings is 2. The maximum atomic E-state index is 12.2. The Hall–Kier alpha value is -3.07. The fourth-order valence-electron chi connectivity index (χ4n) is 2.55. The molecule has 2 aromatic rings. The van der Waals surface area contributed by atoms with E-state index in [0.29, 0.717) is 23.6 Å². The van der Waals surface area contributed by atoms with Crippen molar-refractivity contribution in [3.63, 3.8) is 0 Å². The predicted octanol–water partition coefficient (Wildman–Crippen LogP) is 3.07. The molecule has 29 heavy (non-hydrogen) atoms. The minimum Gasteiger partial charge on any atom is -0.494 e. The fraction of sp³-hybridized carbons (Fsp3) is 0.300. The SMILES string of the molecule is CCOc1ccc(C(=O)CCC(=O)Nc2ccc(NS(C)(=O)=O)c(OC)c2)cc1. The zero-order valence-corrected chi connectivity index (χ0v) is 17.3. The number of carbonyl (C=O) groups is 2. The number of methoxy groups -OCH3 is 1. The van der Waals surface area contributed by atoms with Crippen LogP contribution in [-0.4, -0.2) is 40.1 Å². The lowest BCUT2D eigenvalue weighted by molar-refractivity contribution is -0.116. The van der Waals surface area contributed by atoms with Crippen molar-refractivity contribution in [2.45, 2.75) is 19.8 Å². The summed E-state index contributed by atoms with van der Waals surface area (Å²) in [7, 11) is -2.07. The van der Waals surface area contributed by atoms with Crippen LogP contribution in [0.25, 0.3) is 0 Å². The summed E-state index contributed by atoms with van der Waals surface area (Å²) in [4.78, 5) is 24.4. The van der Waals surface area contributed by atoms with Gasteiger partial charge in [0.25, 0.3) is 0 Å². The normalized spacial score (nSPS) is 10.9. The molecular weight excluding hydrogens is 396 g/mol. The second-order valence-corrected chi connectivity index (χ2v) is 7.97. The average molecular weight is 420 g/mol. The number of amides is 1. The molecule has 0 spiro atoms. The number of anilines is 2. The molecule has 0 unspecified atom stereocenters. The Labute approximate surface area is 170 Å². The first-order valence-corrected chi connectivity index (χ1v) is 10.8. The number of hydrogen-bond acceptors (Lipinski definition) is 6. The highest BCUT2D eigenvalue weighted by Crippen LogP contribution is 2.28. The van der Waals surface area contributed by atoms with Crippen molar-refractivity contribution < 1.29 is 27.5 Å². The summed E-state index contributed by atoms with van der Waals surface area (Å²) in [6.07, 6.45) is 1.10. The van der Waals surface area contributed by atoms with Gasteiger partial charge in [0, 0.05) is 30.2 Å². The Balaban J connectivity index is 1.94. The predicted molar refractivity (Wildman–Crippen MR) is 111 cm³/mol. The van der Waals surface area contributed by atoms with Crippen LogP contribution in [0.3, 0.4) is 0 Å². The van der Waals surface area contributed by atoms with E-state index >= 15 is 0 Å². The highest BCUT2D eigenvalue weighted by molar-refractivity contribution is 7.92. The molecule has 1 amide bonds. The van der Waals surface area contributed by atoms with E-state index in [1.807, 2.05) is 6.92 Å². The van der Waals surface area contributed by atoms with Crippen LogP contribution in [0.5, 0.6) is 11.5 Å². The van der Waals surface area contributed by atoms with Gasteiger partial charge < -0.3 is 14.8 Å².